The Morgan fingerprint density at radius 1 is 0.862 bits per heavy atom. The fraction of sp³-hybridized carbons (Fsp3) is 0.958. The number of esters is 1. The molecule has 2 N–H and O–H groups in total. The predicted molar refractivity (Wildman–Crippen MR) is 121 cm³/mol. The molecule has 2 aliphatic heterocycles. The molecule has 5 nitrogen and oxygen atoms in total. The van der Waals surface area contributed by atoms with Crippen LogP contribution in [-0.2, 0) is 9.53 Å². The van der Waals surface area contributed by atoms with Crippen LogP contribution in [0.3, 0.4) is 0 Å². The minimum absolute atomic E-state index is 0.0114. The average Bonchev–Trinajstić information content (AvgIpc) is 2.44. The van der Waals surface area contributed by atoms with E-state index in [0.717, 1.165) is 45.1 Å². The molecule has 0 atom stereocenters. The van der Waals surface area contributed by atoms with Crippen LogP contribution in [0.4, 0.5) is 0 Å². The lowest BCUT2D eigenvalue weighted by Crippen LogP contribution is -2.63. The predicted octanol–water partition coefficient (Wildman–Crippen LogP) is 4.25. The Morgan fingerprint density at radius 2 is 1.31 bits per heavy atom. The summed E-state index contributed by atoms with van der Waals surface area (Å²) < 4.78 is 6.03. The maximum Gasteiger partial charge on any atom is 0.320 e. The molecule has 0 aromatic carbocycles. The van der Waals surface area contributed by atoms with Gasteiger partial charge in [0.15, 0.2) is 0 Å². The summed E-state index contributed by atoms with van der Waals surface area (Å²) in [4.78, 5) is 15.4. The highest BCUT2D eigenvalue weighted by Crippen LogP contribution is 2.33. The van der Waals surface area contributed by atoms with Crippen molar-refractivity contribution in [3.63, 3.8) is 0 Å². The third-order valence-electron chi connectivity index (χ3n) is 6.27. The van der Waals surface area contributed by atoms with Gasteiger partial charge < -0.3 is 15.4 Å². The lowest BCUT2D eigenvalue weighted by atomic mass is 9.79. The zero-order valence-corrected chi connectivity index (χ0v) is 20.6. The molecule has 0 radical (unpaired) electrons. The van der Waals surface area contributed by atoms with Gasteiger partial charge >= 0.3 is 5.97 Å². The summed E-state index contributed by atoms with van der Waals surface area (Å²) in [5.74, 6) is -0.0613. The second-order valence-corrected chi connectivity index (χ2v) is 12.2. The van der Waals surface area contributed by atoms with E-state index in [0.29, 0.717) is 12.6 Å². The Balaban J connectivity index is 2.04. The highest BCUT2D eigenvalue weighted by molar-refractivity contribution is 5.72. The molecule has 0 bridgehead atoms. The number of hydrogen-bond acceptors (Lipinski definition) is 5. The minimum Gasteiger partial charge on any atom is -0.461 e. The maximum absolute atomic E-state index is 13.0. The standard InChI is InChI=1S/C24H47N3O2/c1-10-11-12-27(18-13-21(2,3)25-22(4,5)14-18)17-20(28)29-19-15-23(6,7)26-24(8,9)16-19/h18-19,25-26H,10-17H2,1-9H3. The fourth-order valence-corrected chi connectivity index (χ4v) is 5.98. The van der Waals surface area contributed by atoms with Crippen LogP contribution in [0.1, 0.15) is 101 Å². The van der Waals surface area contributed by atoms with Crippen LogP contribution in [0.25, 0.3) is 0 Å². The van der Waals surface area contributed by atoms with Crippen molar-refractivity contribution in [1.29, 1.82) is 0 Å². The Labute approximate surface area is 179 Å². The number of nitrogens with one attached hydrogen (secondary N) is 2. The van der Waals surface area contributed by atoms with Gasteiger partial charge in [0.25, 0.3) is 0 Å². The average molecular weight is 410 g/mol. The maximum atomic E-state index is 13.0. The highest BCUT2D eigenvalue weighted by atomic mass is 16.5. The lowest BCUT2D eigenvalue weighted by Gasteiger charge is -2.49. The van der Waals surface area contributed by atoms with Gasteiger partial charge in [-0.25, -0.2) is 0 Å². The third-order valence-corrected chi connectivity index (χ3v) is 6.27. The normalized spacial score (nSPS) is 26.4. The summed E-state index contributed by atoms with van der Waals surface area (Å²) in [6, 6.07) is 0.404. The van der Waals surface area contributed by atoms with E-state index < -0.39 is 0 Å². The van der Waals surface area contributed by atoms with Gasteiger partial charge in [0, 0.05) is 41.0 Å². The van der Waals surface area contributed by atoms with Gasteiger partial charge in [-0.2, -0.15) is 0 Å². The molecule has 2 aliphatic rings. The van der Waals surface area contributed by atoms with Crippen LogP contribution in [-0.4, -0.2) is 58.3 Å². The van der Waals surface area contributed by atoms with Crippen molar-refractivity contribution in [2.75, 3.05) is 13.1 Å². The van der Waals surface area contributed by atoms with Crippen molar-refractivity contribution >= 4 is 5.97 Å². The van der Waals surface area contributed by atoms with Gasteiger partial charge in [0.2, 0.25) is 0 Å². The molecule has 0 amide bonds. The number of carbonyl (C=O) groups excluding carboxylic acids is 1. The van der Waals surface area contributed by atoms with E-state index in [9.17, 15) is 4.79 Å². The molecule has 2 fully saturated rings. The van der Waals surface area contributed by atoms with E-state index in [1.54, 1.807) is 0 Å². The van der Waals surface area contributed by atoms with Crippen LogP contribution >= 0.6 is 0 Å². The first-order valence-electron chi connectivity index (χ1n) is 11.6. The third kappa shape index (κ3) is 7.84. The summed E-state index contributed by atoms with van der Waals surface area (Å²) in [6.45, 7) is 21.5. The van der Waals surface area contributed by atoms with E-state index in [-0.39, 0.29) is 34.2 Å². The second-order valence-electron chi connectivity index (χ2n) is 12.2. The Bertz CT molecular complexity index is 536. The summed E-state index contributed by atoms with van der Waals surface area (Å²) in [6.07, 6.45) is 6.09. The highest BCUT2D eigenvalue weighted by Gasteiger charge is 2.42. The molecule has 0 aliphatic carbocycles. The molecular formula is C24H47N3O2. The number of piperidine rings is 2. The molecular weight excluding hydrogens is 362 g/mol. The smallest absolute Gasteiger partial charge is 0.320 e. The minimum atomic E-state index is -0.0613. The van der Waals surface area contributed by atoms with Crippen molar-refractivity contribution in [2.45, 2.75) is 135 Å². The molecule has 29 heavy (non-hydrogen) atoms. The zero-order chi connectivity index (χ0) is 22.1. The molecule has 2 heterocycles. The second kappa shape index (κ2) is 8.84. The van der Waals surface area contributed by atoms with Crippen LogP contribution < -0.4 is 10.6 Å². The Morgan fingerprint density at radius 3 is 1.76 bits per heavy atom. The van der Waals surface area contributed by atoms with Gasteiger partial charge in [-0.3, -0.25) is 9.69 Å². The Kier molecular flexibility index (Phi) is 7.50. The van der Waals surface area contributed by atoms with Crippen molar-refractivity contribution in [2.24, 2.45) is 0 Å². The van der Waals surface area contributed by atoms with Gasteiger partial charge in [-0.1, -0.05) is 13.3 Å². The fourth-order valence-electron chi connectivity index (χ4n) is 5.98. The molecule has 2 saturated heterocycles. The SMILES string of the molecule is CCCCN(CC(=O)OC1CC(C)(C)NC(C)(C)C1)C1CC(C)(C)NC(C)(C)C1. The first-order valence-corrected chi connectivity index (χ1v) is 11.6. The van der Waals surface area contributed by atoms with E-state index in [1.807, 2.05) is 0 Å². The van der Waals surface area contributed by atoms with E-state index in [2.05, 4.69) is 77.8 Å². The number of ether oxygens (including phenoxy) is 1. The molecule has 0 aromatic heterocycles. The van der Waals surface area contributed by atoms with Crippen molar-refractivity contribution in [3.8, 4) is 0 Å². The van der Waals surface area contributed by atoms with Crippen LogP contribution in [0.15, 0.2) is 0 Å². The van der Waals surface area contributed by atoms with Gasteiger partial charge in [0.05, 0.1) is 6.54 Å². The molecule has 5 heteroatoms. The summed E-state index contributed by atoms with van der Waals surface area (Å²) >= 11 is 0. The monoisotopic (exact) mass is 409 g/mol. The zero-order valence-electron chi connectivity index (χ0n) is 20.6. The van der Waals surface area contributed by atoms with Crippen LogP contribution in [0.5, 0.6) is 0 Å². The quantitative estimate of drug-likeness (QED) is 0.616. The van der Waals surface area contributed by atoms with E-state index in [4.69, 9.17) is 4.74 Å². The number of hydrogen-bond donors (Lipinski definition) is 2. The molecule has 170 valence electrons. The molecule has 0 aromatic rings. The number of unbranched alkanes of at least 4 members (excludes halogenated alkanes) is 1. The number of nitrogens with zero attached hydrogens (tertiary/aromatic N) is 1. The topological polar surface area (TPSA) is 53.6 Å². The van der Waals surface area contributed by atoms with E-state index in [1.165, 1.54) is 0 Å². The van der Waals surface area contributed by atoms with Crippen molar-refractivity contribution in [1.82, 2.24) is 15.5 Å². The molecule has 0 unspecified atom stereocenters. The molecule has 2 rings (SSSR count). The van der Waals surface area contributed by atoms with E-state index >= 15 is 0 Å². The van der Waals surface area contributed by atoms with Gasteiger partial charge in [-0.05, 0) is 81.2 Å². The Hall–Kier alpha value is -0.650. The summed E-state index contributed by atoms with van der Waals surface area (Å²) in [5.41, 5.74) is 0.114. The van der Waals surface area contributed by atoms with Gasteiger partial charge in [-0.15, -0.1) is 0 Å². The molecule has 0 spiro atoms. The first-order chi connectivity index (χ1) is 13.1. The number of rotatable bonds is 7. The largest absolute Gasteiger partial charge is 0.461 e. The van der Waals surface area contributed by atoms with Gasteiger partial charge in [0.1, 0.15) is 6.10 Å². The van der Waals surface area contributed by atoms with Crippen LogP contribution in [0.2, 0.25) is 0 Å². The molecule has 0 saturated carbocycles. The lowest BCUT2D eigenvalue weighted by molar-refractivity contribution is -0.155. The number of carbonyl (C=O) groups is 1. The first kappa shape index (κ1) is 24.6. The van der Waals surface area contributed by atoms with Crippen molar-refractivity contribution < 1.29 is 9.53 Å². The summed E-state index contributed by atoms with van der Waals surface area (Å²) in [5, 5.41) is 7.43. The van der Waals surface area contributed by atoms with Crippen LogP contribution in [0, 0.1) is 0 Å². The summed E-state index contributed by atoms with van der Waals surface area (Å²) in [7, 11) is 0. The van der Waals surface area contributed by atoms with Crippen molar-refractivity contribution in [3.05, 3.63) is 0 Å².